The van der Waals surface area contributed by atoms with Crippen molar-refractivity contribution in [3.8, 4) is 0 Å². The molecule has 26 valence electrons. The fourth-order valence-electron chi connectivity index (χ4n) is 0. The van der Waals surface area contributed by atoms with Crippen LogP contribution in [0.5, 0.6) is 0 Å². The Balaban J connectivity index is 0. The smallest absolute Gasteiger partial charge is 0 e. The Labute approximate surface area is 82.4 Å². The van der Waals surface area contributed by atoms with E-state index in [1.807, 2.05) is 0 Å². The number of hydrogen-bond donors (Lipinski definition) is 0. The van der Waals surface area contributed by atoms with Crippen LogP contribution in [0.25, 0.3) is 0 Å². The average Bonchev–Trinajstić information content (AvgIpc) is 0. The Kier molecular flexibility index (Phi) is 128. The molecule has 0 saturated heterocycles. The normalized spacial score (nSPS) is 0. The van der Waals surface area contributed by atoms with Gasteiger partial charge in [0.15, 0.2) is 0 Å². The molecule has 0 saturated carbocycles. The van der Waals surface area contributed by atoms with Gasteiger partial charge in [-0.05, 0) is 0 Å². The van der Waals surface area contributed by atoms with Crippen molar-refractivity contribution in [2.45, 2.75) is 0 Å². The summed E-state index contributed by atoms with van der Waals surface area (Å²) in [6, 6.07) is 0. The molecule has 0 aliphatic heterocycles. The van der Waals surface area contributed by atoms with Crippen LogP contribution in [0.2, 0.25) is 0 Å². The zero-order chi connectivity index (χ0) is 0. The van der Waals surface area contributed by atoms with Gasteiger partial charge in [-0.3, -0.25) is 0 Å². The maximum atomic E-state index is 0. The van der Waals surface area contributed by atoms with Crippen LogP contribution in [0.4, 0.5) is 0 Å². The molecule has 2 radical (unpaired) electrons. The molecule has 0 aromatic carbocycles. The molecule has 0 nitrogen and oxygen atoms in total. The summed E-state index contributed by atoms with van der Waals surface area (Å²) in [7, 11) is 0. The summed E-state index contributed by atoms with van der Waals surface area (Å²) in [5, 5.41) is 0. The van der Waals surface area contributed by atoms with Crippen LogP contribution in [0.3, 0.4) is 0 Å². The van der Waals surface area contributed by atoms with Gasteiger partial charge in [-0.25, -0.2) is 0 Å². The summed E-state index contributed by atoms with van der Waals surface area (Å²) in [6.07, 6.45) is 0. The Bertz CT molecular complexity index is 4.00. The minimum atomic E-state index is 0. The summed E-state index contributed by atoms with van der Waals surface area (Å²) >= 11 is 0. The number of rotatable bonds is 0. The van der Waals surface area contributed by atoms with Crippen LogP contribution in [0.1, 0.15) is 0 Å². The second-order valence-electron chi connectivity index (χ2n) is 0. The van der Waals surface area contributed by atoms with Crippen molar-refractivity contribution in [1.29, 1.82) is 0 Å². The van der Waals surface area contributed by atoms with E-state index in [2.05, 4.69) is 0 Å². The molecule has 4 heavy (non-hydrogen) atoms. The fourth-order valence-corrected chi connectivity index (χ4v) is 0. The van der Waals surface area contributed by atoms with E-state index in [-0.39, 0.29) is 83.7 Å². The van der Waals surface area contributed by atoms with E-state index >= 15 is 0 Å². The predicted molar refractivity (Wildman–Crippen MR) is 0 cm³/mol. The minimum absolute atomic E-state index is 0. The van der Waals surface area contributed by atoms with Crippen LogP contribution < -0.4 is 0 Å². The molecule has 0 spiro atoms. The molecule has 0 heterocycles. The molecule has 4 heteroatoms. The van der Waals surface area contributed by atoms with Crippen LogP contribution in [0.15, 0.2) is 0 Å². The number of hydrogen-bond acceptors (Lipinski definition) is 0. The molecule has 0 bridgehead atoms. The molecular formula is Ag2Zn2. The van der Waals surface area contributed by atoms with Gasteiger partial charge in [0.2, 0.25) is 0 Å². The largest absolute Gasteiger partial charge is 0 e. The van der Waals surface area contributed by atoms with Gasteiger partial charge in [0.1, 0.15) is 0 Å². The molecule has 0 aromatic heterocycles. The van der Waals surface area contributed by atoms with E-state index < -0.39 is 0 Å². The van der Waals surface area contributed by atoms with Crippen LogP contribution in [0, 0.1) is 0 Å². The quantitative estimate of drug-likeness (QED) is 0.541. The maximum Gasteiger partial charge on any atom is 0 e. The van der Waals surface area contributed by atoms with Crippen molar-refractivity contribution in [2.24, 2.45) is 0 Å². The summed E-state index contributed by atoms with van der Waals surface area (Å²) < 4.78 is 0. The predicted octanol–water partition coefficient (Wildman–Crippen LogP) is -0.0100. The zero-order valence-corrected chi connectivity index (χ0v) is 10.9. The van der Waals surface area contributed by atoms with Crippen molar-refractivity contribution in [3.63, 3.8) is 0 Å². The van der Waals surface area contributed by atoms with Gasteiger partial charge in [-0.15, -0.1) is 0 Å². The second-order valence-corrected chi connectivity index (χ2v) is 0. The Morgan fingerprint density at radius 3 is 0.500 bits per heavy atom. The third-order valence-corrected chi connectivity index (χ3v) is 0. The topological polar surface area (TPSA) is 0 Å². The molecule has 0 N–H and O–H groups in total. The van der Waals surface area contributed by atoms with Gasteiger partial charge in [0, 0.05) is 83.7 Å². The summed E-state index contributed by atoms with van der Waals surface area (Å²) in [5.41, 5.74) is 0. The Morgan fingerprint density at radius 1 is 0.500 bits per heavy atom. The average molecular weight is 347 g/mol. The summed E-state index contributed by atoms with van der Waals surface area (Å²) in [5.74, 6) is 0. The van der Waals surface area contributed by atoms with E-state index in [0.29, 0.717) is 0 Å². The SMILES string of the molecule is [Ag].[Ag].[Zn].[Zn]. The Hall–Kier alpha value is 2.73. The third-order valence-electron chi connectivity index (χ3n) is 0. The van der Waals surface area contributed by atoms with Crippen molar-refractivity contribution in [1.82, 2.24) is 0 Å². The zero-order valence-electron chi connectivity index (χ0n) is 2.02. The Morgan fingerprint density at radius 2 is 0.500 bits per heavy atom. The first kappa shape index (κ1) is 29.7. The van der Waals surface area contributed by atoms with Gasteiger partial charge in [-0.2, -0.15) is 0 Å². The molecular weight excluding hydrogens is 347 g/mol. The van der Waals surface area contributed by atoms with E-state index in [0.717, 1.165) is 0 Å². The van der Waals surface area contributed by atoms with Crippen LogP contribution >= 0.6 is 0 Å². The molecule has 0 aliphatic rings. The van der Waals surface area contributed by atoms with Gasteiger partial charge >= 0.3 is 0 Å². The van der Waals surface area contributed by atoms with Gasteiger partial charge in [0.05, 0.1) is 0 Å². The van der Waals surface area contributed by atoms with E-state index in [9.17, 15) is 0 Å². The third kappa shape index (κ3) is 8.83. The van der Waals surface area contributed by atoms with E-state index in [1.54, 1.807) is 0 Å². The monoisotopic (exact) mass is 342 g/mol. The molecule has 0 rings (SSSR count). The van der Waals surface area contributed by atoms with E-state index in [1.165, 1.54) is 0 Å². The van der Waals surface area contributed by atoms with Crippen molar-refractivity contribution < 1.29 is 83.7 Å². The van der Waals surface area contributed by atoms with Crippen LogP contribution in [-0.2, 0) is 83.7 Å². The van der Waals surface area contributed by atoms with Gasteiger partial charge in [0.25, 0.3) is 0 Å². The van der Waals surface area contributed by atoms with Gasteiger partial charge in [-0.1, -0.05) is 0 Å². The fraction of sp³-hybridized carbons (Fsp3) is 0. The first-order valence-corrected chi connectivity index (χ1v) is 0. The molecule has 0 aromatic rings. The van der Waals surface area contributed by atoms with Crippen molar-refractivity contribution in [2.75, 3.05) is 0 Å². The first-order chi connectivity index (χ1) is 0. The summed E-state index contributed by atoms with van der Waals surface area (Å²) in [4.78, 5) is 0. The van der Waals surface area contributed by atoms with Gasteiger partial charge < -0.3 is 0 Å². The first-order valence-electron chi connectivity index (χ1n) is 0. The molecule has 0 amide bonds. The maximum absolute atomic E-state index is 0. The molecule has 0 atom stereocenters. The standard InChI is InChI=1S/2Ag.2Zn. The minimum Gasteiger partial charge on any atom is 0 e. The second kappa shape index (κ2) is 17.2. The molecule has 0 fully saturated rings. The van der Waals surface area contributed by atoms with E-state index in [4.69, 9.17) is 0 Å². The van der Waals surface area contributed by atoms with Crippen LogP contribution in [-0.4, -0.2) is 0 Å². The van der Waals surface area contributed by atoms with Crippen molar-refractivity contribution >= 4 is 0 Å². The summed E-state index contributed by atoms with van der Waals surface area (Å²) in [6.45, 7) is 0. The van der Waals surface area contributed by atoms with Crippen molar-refractivity contribution in [3.05, 3.63) is 0 Å². The molecule has 0 aliphatic carbocycles. The molecule has 0 unspecified atom stereocenters.